The first-order valence-electron chi connectivity index (χ1n) is 9.25. The van der Waals surface area contributed by atoms with Crippen LogP contribution in [0.1, 0.15) is 30.0 Å². The SMILES string of the molecule is Cc1ccc(Cl)c2sc(N3CCN(c4nc(C5CC5)cc(=O)[nH]4)CC3)nc12. The molecule has 8 heteroatoms. The number of hydrogen-bond acceptors (Lipinski definition) is 6. The Morgan fingerprint density at radius 1 is 1.15 bits per heavy atom. The van der Waals surface area contributed by atoms with Crippen molar-refractivity contribution in [2.75, 3.05) is 36.0 Å². The van der Waals surface area contributed by atoms with Gasteiger partial charge in [0, 0.05) is 38.2 Å². The molecule has 3 aromatic rings. The number of rotatable bonds is 3. The molecule has 140 valence electrons. The minimum atomic E-state index is -0.0550. The average molecular weight is 402 g/mol. The van der Waals surface area contributed by atoms with Gasteiger partial charge in [-0.1, -0.05) is 29.0 Å². The molecular weight excluding hydrogens is 382 g/mol. The summed E-state index contributed by atoms with van der Waals surface area (Å²) in [4.78, 5) is 28.9. The summed E-state index contributed by atoms with van der Waals surface area (Å²) < 4.78 is 1.05. The first-order valence-corrected chi connectivity index (χ1v) is 10.4. The van der Waals surface area contributed by atoms with Crippen LogP contribution in [-0.2, 0) is 0 Å². The van der Waals surface area contributed by atoms with Crippen molar-refractivity contribution in [2.45, 2.75) is 25.7 Å². The van der Waals surface area contributed by atoms with Crippen LogP contribution in [-0.4, -0.2) is 41.1 Å². The number of benzene rings is 1. The molecule has 2 fully saturated rings. The number of halogens is 1. The molecule has 1 aliphatic heterocycles. The van der Waals surface area contributed by atoms with E-state index in [1.54, 1.807) is 17.4 Å². The normalized spacial score (nSPS) is 17.7. The van der Waals surface area contributed by atoms with Gasteiger partial charge in [0.1, 0.15) is 0 Å². The van der Waals surface area contributed by atoms with Gasteiger partial charge in [-0.25, -0.2) is 9.97 Å². The Balaban J connectivity index is 1.35. The Morgan fingerprint density at radius 3 is 2.59 bits per heavy atom. The highest BCUT2D eigenvalue weighted by atomic mass is 35.5. The van der Waals surface area contributed by atoms with Crippen LogP contribution in [0.15, 0.2) is 23.0 Å². The van der Waals surface area contributed by atoms with Crippen molar-refractivity contribution >= 4 is 44.2 Å². The van der Waals surface area contributed by atoms with Crippen molar-refractivity contribution in [1.82, 2.24) is 15.0 Å². The van der Waals surface area contributed by atoms with Crippen molar-refractivity contribution in [3.05, 3.63) is 44.8 Å². The molecule has 3 heterocycles. The molecule has 1 saturated carbocycles. The van der Waals surface area contributed by atoms with Gasteiger partial charge in [-0.15, -0.1) is 0 Å². The number of hydrogen-bond donors (Lipinski definition) is 1. The predicted molar refractivity (Wildman–Crippen MR) is 111 cm³/mol. The molecule has 2 aromatic heterocycles. The Labute approximate surface area is 165 Å². The second-order valence-corrected chi connectivity index (χ2v) is 8.67. The van der Waals surface area contributed by atoms with Crippen molar-refractivity contribution in [2.24, 2.45) is 0 Å². The van der Waals surface area contributed by atoms with Crippen LogP contribution in [0.5, 0.6) is 0 Å². The predicted octanol–water partition coefficient (Wildman–Crippen LogP) is 3.55. The zero-order valence-electron chi connectivity index (χ0n) is 15.0. The minimum Gasteiger partial charge on any atom is -0.345 e. The summed E-state index contributed by atoms with van der Waals surface area (Å²) in [7, 11) is 0. The summed E-state index contributed by atoms with van der Waals surface area (Å²) >= 11 is 8.00. The quantitative estimate of drug-likeness (QED) is 0.727. The summed E-state index contributed by atoms with van der Waals surface area (Å²) in [6.07, 6.45) is 2.28. The number of aryl methyl sites for hydroxylation is 1. The molecule has 5 rings (SSSR count). The van der Waals surface area contributed by atoms with E-state index in [4.69, 9.17) is 21.6 Å². The fourth-order valence-corrected chi connectivity index (χ4v) is 4.90. The second-order valence-electron chi connectivity index (χ2n) is 7.28. The fourth-order valence-electron chi connectivity index (χ4n) is 3.54. The monoisotopic (exact) mass is 401 g/mol. The summed E-state index contributed by atoms with van der Waals surface area (Å²) in [6, 6.07) is 5.60. The first-order chi connectivity index (χ1) is 13.1. The van der Waals surface area contributed by atoms with E-state index < -0.39 is 0 Å². The molecule has 0 atom stereocenters. The van der Waals surface area contributed by atoms with E-state index in [0.29, 0.717) is 11.9 Å². The molecule has 0 radical (unpaired) electrons. The van der Waals surface area contributed by atoms with E-state index >= 15 is 0 Å². The Hall–Kier alpha value is -2.12. The fraction of sp³-hybridized carbons (Fsp3) is 0.421. The molecule has 0 bridgehead atoms. The van der Waals surface area contributed by atoms with E-state index in [1.807, 2.05) is 12.1 Å². The largest absolute Gasteiger partial charge is 0.345 e. The lowest BCUT2D eigenvalue weighted by Gasteiger charge is -2.34. The third-order valence-electron chi connectivity index (χ3n) is 5.28. The van der Waals surface area contributed by atoms with Crippen LogP contribution >= 0.6 is 22.9 Å². The van der Waals surface area contributed by atoms with Gasteiger partial charge < -0.3 is 9.80 Å². The van der Waals surface area contributed by atoms with E-state index in [9.17, 15) is 4.79 Å². The molecule has 1 saturated heterocycles. The van der Waals surface area contributed by atoms with Crippen molar-refractivity contribution in [3.63, 3.8) is 0 Å². The number of aromatic amines is 1. The van der Waals surface area contributed by atoms with E-state index in [0.717, 1.165) is 70.6 Å². The zero-order chi connectivity index (χ0) is 18.5. The van der Waals surface area contributed by atoms with Gasteiger partial charge >= 0.3 is 0 Å². The highest BCUT2D eigenvalue weighted by Gasteiger charge is 2.27. The van der Waals surface area contributed by atoms with E-state index in [2.05, 4.69) is 21.7 Å². The molecule has 0 spiro atoms. The molecule has 0 unspecified atom stereocenters. The number of piperazine rings is 1. The van der Waals surface area contributed by atoms with Gasteiger partial charge in [0.15, 0.2) is 5.13 Å². The first kappa shape index (κ1) is 17.0. The van der Waals surface area contributed by atoms with Crippen molar-refractivity contribution < 1.29 is 0 Å². The summed E-state index contributed by atoms with van der Waals surface area (Å²) in [5, 5.41) is 1.77. The second kappa shape index (κ2) is 6.49. The molecule has 27 heavy (non-hydrogen) atoms. The van der Waals surface area contributed by atoms with Gasteiger partial charge in [0.25, 0.3) is 5.56 Å². The minimum absolute atomic E-state index is 0.0550. The highest BCUT2D eigenvalue weighted by Crippen LogP contribution is 2.39. The Morgan fingerprint density at radius 2 is 1.89 bits per heavy atom. The number of anilines is 2. The van der Waals surface area contributed by atoms with Gasteiger partial charge in [-0.3, -0.25) is 9.78 Å². The molecule has 2 aliphatic rings. The molecule has 1 aromatic carbocycles. The van der Waals surface area contributed by atoms with Gasteiger partial charge in [0.2, 0.25) is 5.95 Å². The summed E-state index contributed by atoms with van der Waals surface area (Å²) in [5.41, 5.74) is 3.02. The van der Waals surface area contributed by atoms with Crippen LogP contribution in [0.3, 0.4) is 0 Å². The maximum absolute atomic E-state index is 12.0. The maximum atomic E-state index is 12.0. The lowest BCUT2D eigenvalue weighted by molar-refractivity contribution is 0.636. The van der Waals surface area contributed by atoms with Crippen molar-refractivity contribution in [3.8, 4) is 0 Å². The Bertz CT molecular complexity index is 1030. The molecule has 1 aliphatic carbocycles. The number of thiazole rings is 1. The molecular formula is C19H20ClN5OS. The smallest absolute Gasteiger partial charge is 0.252 e. The van der Waals surface area contributed by atoms with Crippen LogP contribution in [0.25, 0.3) is 10.2 Å². The lowest BCUT2D eigenvalue weighted by atomic mass is 10.2. The maximum Gasteiger partial charge on any atom is 0.252 e. The number of fused-ring (bicyclic) bond motifs is 1. The third kappa shape index (κ3) is 3.19. The number of aromatic nitrogens is 3. The number of nitrogens with zero attached hydrogens (tertiary/aromatic N) is 4. The van der Waals surface area contributed by atoms with Crippen molar-refractivity contribution in [1.29, 1.82) is 0 Å². The molecule has 1 N–H and O–H groups in total. The van der Waals surface area contributed by atoms with Gasteiger partial charge in [-0.2, -0.15) is 0 Å². The Kier molecular flexibility index (Phi) is 4.09. The van der Waals surface area contributed by atoms with Crippen LogP contribution in [0.4, 0.5) is 11.1 Å². The van der Waals surface area contributed by atoms with Gasteiger partial charge in [0.05, 0.1) is 20.9 Å². The third-order valence-corrected chi connectivity index (χ3v) is 6.86. The average Bonchev–Trinajstić information content (AvgIpc) is 3.42. The molecule has 6 nitrogen and oxygen atoms in total. The zero-order valence-corrected chi connectivity index (χ0v) is 16.6. The van der Waals surface area contributed by atoms with Crippen LogP contribution < -0.4 is 15.4 Å². The topological polar surface area (TPSA) is 65.1 Å². The summed E-state index contributed by atoms with van der Waals surface area (Å²) in [5.74, 6) is 1.18. The standard InChI is InChI=1S/C19H20ClN5OS/c1-11-2-5-13(20)17-16(11)23-19(27-17)25-8-6-24(7-9-25)18-21-14(12-3-4-12)10-15(26)22-18/h2,5,10,12H,3-4,6-9H2,1H3,(H,21,22,26). The van der Waals surface area contributed by atoms with Crippen LogP contribution in [0.2, 0.25) is 5.02 Å². The summed E-state index contributed by atoms with van der Waals surface area (Å²) in [6.45, 7) is 5.36. The number of nitrogens with one attached hydrogen (secondary N) is 1. The molecule has 0 amide bonds. The van der Waals surface area contributed by atoms with E-state index in [1.165, 1.54) is 0 Å². The lowest BCUT2D eigenvalue weighted by Crippen LogP contribution is -2.47. The van der Waals surface area contributed by atoms with Gasteiger partial charge in [-0.05, 0) is 31.4 Å². The van der Waals surface area contributed by atoms with E-state index in [-0.39, 0.29) is 5.56 Å². The van der Waals surface area contributed by atoms with Crippen LogP contribution in [0, 0.1) is 6.92 Å². The number of H-pyrrole nitrogens is 1. The highest BCUT2D eigenvalue weighted by molar-refractivity contribution is 7.22.